The van der Waals surface area contributed by atoms with Crippen molar-refractivity contribution in [2.75, 3.05) is 17.2 Å². The molecule has 32 heavy (non-hydrogen) atoms. The van der Waals surface area contributed by atoms with Crippen LogP contribution in [0.5, 0.6) is 0 Å². The Labute approximate surface area is 216 Å². The van der Waals surface area contributed by atoms with E-state index in [1.54, 1.807) is 0 Å². The normalized spacial score (nSPS) is 13.0. The summed E-state index contributed by atoms with van der Waals surface area (Å²) in [5, 5.41) is 8.68. The molecule has 1 aromatic rings. The number of aromatic nitrogens is 3. The number of rotatable bonds is 13. The number of hydrogen-bond acceptors (Lipinski definition) is 7. The quantitative estimate of drug-likeness (QED) is 0.249. The number of hydrogen-bond donors (Lipinski definition) is 4. The molecule has 0 aliphatic rings. The van der Waals surface area contributed by atoms with Gasteiger partial charge in [0.1, 0.15) is 0 Å². The zero-order chi connectivity index (χ0) is 23.8. The summed E-state index contributed by atoms with van der Waals surface area (Å²) in [4.78, 5) is 21.0. The van der Waals surface area contributed by atoms with Crippen molar-refractivity contribution in [3.8, 4) is 0 Å². The molecule has 0 radical (unpaired) electrons. The van der Waals surface area contributed by atoms with Crippen molar-refractivity contribution in [1.82, 2.24) is 15.0 Å². The molecule has 1 heterocycles. The molecule has 1 rings (SSSR count). The Hall–Kier alpha value is -1.38. The maximum atomic E-state index is 10.5. The second-order valence-corrected chi connectivity index (χ2v) is 9.10. The number of anilines is 3. The third-order valence-electron chi connectivity index (χ3n) is 5.20. The van der Waals surface area contributed by atoms with Crippen molar-refractivity contribution in [2.45, 2.75) is 92.4 Å². The van der Waals surface area contributed by atoms with Crippen LogP contribution in [-0.4, -0.2) is 55.6 Å². The van der Waals surface area contributed by atoms with Gasteiger partial charge < -0.3 is 22.3 Å². The fourth-order valence-electron chi connectivity index (χ4n) is 3.42. The number of carboxylic acids is 1. The van der Waals surface area contributed by atoms with Gasteiger partial charge in [-0.15, -0.1) is 0 Å². The van der Waals surface area contributed by atoms with Gasteiger partial charge in [-0.2, -0.15) is 15.0 Å². The second-order valence-electron chi connectivity index (χ2n) is 9.10. The van der Waals surface area contributed by atoms with Crippen LogP contribution in [0.3, 0.4) is 0 Å². The molecule has 180 valence electrons. The minimum atomic E-state index is -0.822. The Balaban J connectivity index is 0. The van der Waals surface area contributed by atoms with Gasteiger partial charge in [0.05, 0.1) is 0 Å². The van der Waals surface area contributed by atoms with Crippen LogP contribution in [0.25, 0.3) is 0 Å². The SMILES string of the molecule is C/C(=C\C(=O)O)CCC[C@H](C)CCC[C@H](C)CCCC(C)C.Nc1nc(N)nc(N)n1.[NaH]. The van der Waals surface area contributed by atoms with Gasteiger partial charge in [-0.25, -0.2) is 4.79 Å². The van der Waals surface area contributed by atoms with Gasteiger partial charge in [-0.05, 0) is 37.5 Å². The average molecular weight is 461 g/mol. The zero-order valence-corrected chi connectivity index (χ0v) is 20.1. The summed E-state index contributed by atoms with van der Waals surface area (Å²) in [7, 11) is 0. The monoisotopic (exact) mass is 460 g/mol. The fourth-order valence-corrected chi connectivity index (χ4v) is 3.42. The van der Waals surface area contributed by atoms with Crippen LogP contribution in [0, 0.1) is 17.8 Å². The van der Waals surface area contributed by atoms with Crippen molar-refractivity contribution in [3.63, 3.8) is 0 Å². The molecule has 2 atom stereocenters. The standard InChI is InChI=1S/C20H38O2.C3H6N6.Na.H/c1-16(2)9-6-10-17(3)11-7-12-18(4)13-8-14-19(5)15-20(21)22;4-1-7-2(5)9-3(6)8-1;;/h15-18H,6-14H2,1-5H3,(H,21,22);(H6,4,5,6,7,8,9);;/b19-15+;;;/t17-,18-;;;/m1.../s1. The van der Waals surface area contributed by atoms with Gasteiger partial charge in [-0.1, -0.05) is 78.2 Å². The molecule has 8 nitrogen and oxygen atoms in total. The first kappa shape index (κ1) is 32.8. The van der Waals surface area contributed by atoms with E-state index in [-0.39, 0.29) is 47.4 Å². The number of carbonyl (C=O) groups is 1. The van der Waals surface area contributed by atoms with E-state index in [4.69, 9.17) is 22.3 Å². The Bertz CT molecular complexity index is 619. The van der Waals surface area contributed by atoms with E-state index in [9.17, 15) is 4.79 Å². The summed E-state index contributed by atoms with van der Waals surface area (Å²) in [5.74, 6) is 1.77. The van der Waals surface area contributed by atoms with Gasteiger partial charge in [0, 0.05) is 6.08 Å². The van der Waals surface area contributed by atoms with E-state index in [2.05, 4.69) is 42.6 Å². The predicted molar refractivity (Wildman–Crippen MR) is 136 cm³/mol. The molecule has 0 amide bonds. The first-order chi connectivity index (χ1) is 14.5. The summed E-state index contributed by atoms with van der Waals surface area (Å²) in [5.41, 5.74) is 16.4. The molecule has 0 bridgehead atoms. The summed E-state index contributed by atoms with van der Waals surface area (Å²) in [6, 6.07) is 0. The van der Waals surface area contributed by atoms with E-state index in [0.717, 1.165) is 36.2 Å². The molecule has 0 aliphatic heterocycles. The van der Waals surface area contributed by atoms with E-state index < -0.39 is 5.97 Å². The Kier molecular flexibility index (Phi) is 19.6. The second kappa shape index (κ2) is 19.1. The number of nitrogens with zero attached hydrogens (tertiary/aromatic N) is 3. The summed E-state index contributed by atoms with van der Waals surface area (Å²) < 4.78 is 0. The van der Waals surface area contributed by atoms with Crippen molar-refractivity contribution in [1.29, 1.82) is 0 Å². The van der Waals surface area contributed by atoms with Crippen molar-refractivity contribution < 1.29 is 9.90 Å². The fraction of sp³-hybridized carbons (Fsp3) is 0.739. The van der Waals surface area contributed by atoms with Crippen LogP contribution in [0.2, 0.25) is 0 Å². The van der Waals surface area contributed by atoms with Gasteiger partial charge in [-0.3, -0.25) is 0 Å². The molecule has 0 saturated heterocycles. The topological polar surface area (TPSA) is 154 Å². The molecule has 0 saturated carbocycles. The zero-order valence-electron chi connectivity index (χ0n) is 20.1. The van der Waals surface area contributed by atoms with Crippen LogP contribution in [-0.2, 0) is 4.79 Å². The molecular formula is C23H45N6NaO2. The summed E-state index contributed by atoms with van der Waals surface area (Å²) in [6.45, 7) is 11.3. The van der Waals surface area contributed by atoms with Crippen molar-refractivity contribution in [2.24, 2.45) is 17.8 Å². The molecule has 0 aliphatic carbocycles. The van der Waals surface area contributed by atoms with Crippen LogP contribution in [0.4, 0.5) is 17.8 Å². The Morgan fingerprint density at radius 1 is 0.812 bits per heavy atom. The molecule has 0 spiro atoms. The maximum absolute atomic E-state index is 10.5. The van der Waals surface area contributed by atoms with Crippen LogP contribution in [0.1, 0.15) is 92.4 Å². The van der Waals surface area contributed by atoms with E-state index in [1.807, 2.05) is 6.92 Å². The Morgan fingerprint density at radius 3 is 1.56 bits per heavy atom. The van der Waals surface area contributed by atoms with Gasteiger partial charge in [0.25, 0.3) is 0 Å². The number of nitrogen functional groups attached to an aromatic ring is 3. The molecule has 0 fully saturated rings. The van der Waals surface area contributed by atoms with Crippen LogP contribution in [0.15, 0.2) is 11.6 Å². The first-order valence-corrected chi connectivity index (χ1v) is 11.4. The number of nitrogens with two attached hydrogens (primary N) is 3. The molecular weight excluding hydrogens is 415 g/mol. The molecule has 9 heteroatoms. The van der Waals surface area contributed by atoms with Crippen LogP contribution >= 0.6 is 0 Å². The van der Waals surface area contributed by atoms with Crippen LogP contribution < -0.4 is 17.2 Å². The van der Waals surface area contributed by atoms with Crippen molar-refractivity contribution >= 4 is 53.4 Å². The first-order valence-electron chi connectivity index (χ1n) is 11.4. The van der Waals surface area contributed by atoms with E-state index in [0.29, 0.717) is 0 Å². The summed E-state index contributed by atoms with van der Waals surface area (Å²) >= 11 is 0. The average Bonchev–Trinajstić information content (AvgIpc) is 2.60. The number of aliphatic carboxylic acids is 1. The van der Waals surface area contributed by atoms with Gasteiger partial charge in [0.15, 0.2) is 0 Å². The third kappa shape index (κ3) is 20.5. The molecule has 0 aromatic carbocycles. The third-order valence-corrected chi connectivity index (χ3v) is 5.20. The molecule has 1 aromatic heterocycles. The minimum absolute atomic E-state index is 0. The molecule has 7 N–H and O–H groups in total. The van der Waals surface area contributed by atoms with E-state index in [1.165, 1.54) is 51.0 Å². The van der Waals surface area contributed by atoms with Gasteiger partial charge >= 0.3 is 35.5 Å². The van der Waals surface area contributed by atoms with Crippen molar-refractivity contribution in [3.05, 3.63) is 11.6 Å². The number of allylic oxidation sites excluding steroid dienone is 1. The molecule has 0 unspecified atom stereocenters. The summed E-state index contributed by atoms with van der Waals surface area (Å²) in [6.07, 6.45) is 12.7. The Morgan fingerprint density at radius 2 is 1.19 bits per heavy atom. The number of carboxylic acid groups (broad SMARTS) is 1. The van der Waals surface area contributed by atoms with Gasteiger partial charge in [0.2, 0.25) is 17.8 Å². The predicted octanol–water partition coefficient (Wildman–Crippen LogP) is 4.43. The van der Waals surface area contributed by atoms with E-state index >= 15 is 0 Å².